The summed E-state index contributed by atoms with van der Waals surface area (Å²) in [5.41, 5.74) is 3.08. The molecule has 0 spiro atoms. The fraction of sp³-hybridized carbons (Fsp3) is 0.263. The van der Waals surface area contributed by atoms with E-state index in [1.54, 1.807) is 0 Å². The maximum Gasteiger partial charge on any atom is 0.167 e. The number of hydrogen-bond acceptors (Lipinski definition) is 2. The predicted octanol–water partition coefficient (Wildman–Crippen LogP) is 4.32. The van der Waals surface area contributed by atoms with Crippen LogP contribution in [0.4, 0.5) is 0 Å². The smallest absolute Gasteiger partial charge is 0.167 e. The molecular weight excluding hydrogens is 258 g/mol. The Kier molecular flexibility index (Phi) is 5.44. The molecule has 2 aromatic carbocycles. The van der Waals surface area contributed by atoms with Crippen LogP contribution < -0.4 is 0 Å². The van der Waals surface area contributed by atoms with Crippen molar-refractivity contribution in [1.29, 1.82) is 0 Å². The average Bonchev–Trinajstić information content (AvgIpc) is 2.53. The molecule has 0 saturated carbocycles. The zero-order chi connectivity index (χ0) is 15.1. The maximum absolute atomic E-state index is 12.4. The summed E-state index contributed by atoms with van der Waals surface area (Å²) in [5.74, 6) is 0.132. The molecule has 0 heterocycles. The van der Waals surface area contributed by atoms with Gasteiger partial charge in [0.15, 0.2) is 5.78 Å². The molecule has 0 aliphatic rings. The first-order chi connectivity index (χ1) is 10.2. The number of hydrogen-bond donors (Lipinski definition) is 0. The molecule has 2 nitrogen and oxygen atoms in total. The Bertz CT molecular complexity index is 616. The molecule has 2 rings (SSSR count). The second kappa shape index (κ2) is 7.53. The number of benzene rings is 2. The van der Waals surface area contributed by atoms with E-state index in [0.717, 1.165) is 17.5 Å². The zero-order valence-corrected chi connectivity index (χ0v) is 12.6. The highest BCUT2D eigenvalue weighted by molar-refractivity contribution is 5.98. The molecule has 0 saturated heterocycles. The van der Waals surface area contributed by atoms with Gasteiger partial charge in [0.25, 0.3) is 0 Å². The molecule has 1 atom stereocenters. The summed E-state index contributed by atoms with van der Waals surface area (Å²) in [6, 6.07) is 17.6. The van der Waals surface area contributed by atoms with E-state index in [-0.39, 0.29) is 11.7 Å². The van der Waals surface area contributed by atoms with Gasteiger partial charge < -0.3 is 0 Å². The third-order valence-electron chi connectivity index (χ3n) is 3.67. The van der Waals surface area contributed by atoms with Gasteiger partial charge in [-0.1, -0.05) is 61.5 Å². The topological polar surface area (TPSA) is 29.4 Å². The van der Waals surface area contributed by atoms with Crippen LogP contribution in [0, 0.1) is 12.8 Å². The minimum Gasteiger partial charge on any atom is -0.294 e. The number of carbonyl (C=O) groups is 1. The molecule has 0 aliphatic heterocycles. The van der Waals surface area contributed by atoms with Crippen molar-refractivity contribution in [2.75, 3.05) is 6.54 Å². The Labute approximate surface area is 126 Å². The summed E-state index contributed by atoms with van der Waals surface area (Å²) in [6.07, 6.45) is 2.68. The van der Waals surface area contributed by atoms with Crippen molar-refractivity contribution < 1.29 is 4.79 Å². The molecule has 0 fully saturated rings. The molecule has 0 N–H and O–H groups in total. The maximum atomic E-state index is 12.4. The predicted molar refractivity (Wildman–Crippen MR) is 88.2 cm³/mol. The number of rotatable bonds is 6. The summed E-state index contributed by atoms with van der Waals surface area (Å²) in [6.45, 7) is 4.64. The summed E-state index contributed by atoms with van der Waals surface area (Å²) >= 11 is 0. The van der Waals surface area contributed by atoms with E-state index in [4.69, 9.17) is 0 Å². The first-order valence-corrected chi connectivity index (χ1v) is 7.37. The first kappa shape index (κ1) is 15.2. The van der Waals surface area contributed by atoms with Crippen LogP contribution in [0.15, 0.2) is 59.6 Å². The number of aryl methyl sites for hydroxylation is 1. The number of carbonyl (C=O) groups excluding carboxylic acids is 1. The normalized spacial score (nSPS) is 12.5. The highest BCUT2D eigenvalue weighted by Crippen LogP contribution is 2.13. The quantitative estimate of drug-likeness (QED) is 0.572. The lowest BCUT2D eigenvalue weighted by molar-refractivity contribution is 0.0921. The van der Waals surface area contributed by atoms with Crippen LogP contribution in [-0.4, -0.2) is 18.5 Å². The van der Waals surface area contributed by atoms with Crippen LogP contribution in [-0.2, 0) is 0 Å². The highest BCUT2D eigenvalue weighted by Gasteiger charge is 2.17. The standard InChI is InChI=1S/C19H21NO/c1-3-16(19(21)17-10-5-4-6-11-17)13-20-14-18-12-8-7-9-15(18)2/h4-12,14,16H,3,13H2,1-2H3. The lowest BCUT2D eigenvalue weighted by atomic mass is 9.95. The van der Waals surface area contributed by atoms with Gasteiger partial charge in [0.2, 0.25) is 0 Å². The van der Waals surface area contributed by atoms with Gasteiger partial charge in [-0.05, 0) is 24.5 Å². The van der Waals surface area contributed by atoms with Crippen molar-refractivity contribution >= 4 is 12.0 Å². The molecule has 21 heavy (non-hydrogen) atoms. The Morgan fingerprint density at radius 1 is 1.10 bits per heavy atom. The number of nitrogens with zero attached hydrogens (tertiary/aromatic N) is 1. The third-order valence-corrected chi connectivity index (χ3v) is 3.67. The van der Waals surface area contributed by atoms with Crippen molar-refractivity contribution in [3.63, 3.8) is 0 Å². The molecule has 0 aromatic heterocycles. The van der Waals surface area contributed by atoms with Crippen LogP contribution in [0.1, 0.15) is 34.8 Å². The second-order valence-corrected chi connectivity index (χ2v) is 5.19. The Balaban J connectivity index is 2.03. The van der Waals surface area contributed by atoms with Crippen molar-refractivity contribution in [3.8, 4) is 0 Å². The molecule has 1 unspecified atom stereocenters. The van der Waals surface area contributed by atoms with Crippen molar-refractivity contribution in [2.24, 2.45) is 10.9 Å². The van der Waals surface area contributed by atoms with Crippen molar-refractivity contribution in [3.05, 3.63) is 71.3 Å². The Hall–Kier alpha value is -2.22. The van der Waals surface area contributed by atoms with E-state index in [0.29, 0.717) is 6.54 Å². The fourth-order valence-electron chi connectivity index (χ4n) is 2.25. The summed E-state index contributed by atoms with van der Waals surface area (Å²) < 4.78 is 0. The van der Waals surface area contributed by atoms with Crippen LogP contribution in [0.3, 0.4) is 0 Å². The van der Waals surface area contributed by atoms with E-state index in [2.05, 4.69) is 18.0 Å². The van der Waals surface area contributed by atoms with Gasteiger partial charge in [0, 0.05) is 24.2 Å². The third kappa shape index (κ3) is 4.12. The van der Waals surface area contributed by atoms with Crippen LogP contribution in [0.5, 0.6) is 0 Å². The molecule has 0 bridgehead atoms. The van der Waals surface area contributed by atoms with Gasteiger partial charge in [0.05, 0.1) is 0 Å². The average molecular weight is 279 g/mol. The number of Topliss-reactive ketones (excluding diaryl/α,β-unsaturated/α-hetero) is 1. The molecule has 108 valence electrons. The van der Waals surface area contributed by atoms with E-state index in [1.165, 1.54) is 5.56 Å². The second-order valence-electron chi connectivity index (χ2n) is 5.19. The SMILES string of the molecule is CCC(CN=Cc1ccccc1C)C(=O)c1ccccc1. The van der Waals surface area contributed by atoms with E-state index in [1.807, 2.05) is 61.7 Å². The molecule has 0 radical (unpaired) electrons. The van der Waals surface area contributed by atoms with Crippen molar-refractivity contribution in [1.82, 2.24) is 0 Å². The fourth-order valence-corrected chi connectivity index (χ4v) is 2.25. The number of aliphatic imine (C=N–C) groups is 1. The van der Waals surface area contributed by atoms with Gasteiger partial charge in [-0.3, -0.25) is 9.79 Å². The summed E-state index contributed by atoms with van der Waals surface area (Å²) in [4.78, 5) is 16.9. The largest absolute Gasteiger partial charge is 0.294 e. The minimum atomic E-state index is -0.0485. The van der Waals surface area contributed by atoms with E-state index < -0.39 is 0 Å². The van der Waals surface area contributed by atoms with Crippen LogP contribution in [0.2, 0.25) is 0 Å². The monoisotopic (exact) mass is 279 g/mol. The van der Waals surface area contributed by atoms with Crippen molar-refractivity contribution in [2.45, 2.75) is 20.3 Å². The van der Waals surface area contributed by atoms with Crippen LogP contribution in [0.25, 0.3) is 0 Å². The van der Waals surface area contributed by atoms with E-state index >= 15 is 0 Å². The minimum absolute atomic E-state index is 0.0485. The lowest BCUT2D eigenvalue weighted by Gasteiger charge is -2.11. The summed E-state index contributed by atoms with van der Waals surface area (Å²) in [5, 5.41) is 0. The Morgan fingerprint density at radius 3 is 2.43 bits per heavy atom. The van der Waals surface area contributed by atoms with Gasteiger partial charge in [-0.15, -0.1) is 0 Å². The molecule has 0 aliphatic carbocycles. The molecule has 0 amide bonds. The highest BCUT2D eigenvalue weighted by atomic mass is 16.1. The summed E-state index contributed by atoms with van der Waals surface area (Å²) in [7, 11) is 0. The van der Waals surface area contributed by atoms with E-state index in [9.17, 15) is 4.79 Å². The molecular formula is C19H21NO. The van der Waals surface area contributed by atoms with Gasteiger partial charge in [0.1, 0.15) is 0 Å². The Morgan fingerprint density at radius 2 is 1.76 bits per heavy atom. The van der Waals surface area contributed by atoms with Crippen LogP contribution >= 0.6 is 0 Å². The molecule has 2 aromatic rings. The lowest BCUT2D eigenvalue weighted by Crippen LogP contribution is -2.17. The zero-order valence-electron chi connectivity index (χ0n) is 12.6. The van der Waals surface area contributed by atoms with Gasteiger partial charge in [-0.2, -0.15) is 0 Å². The molecule has 2 heteroatoms. The van der Waals surface area contributed by atoms with Gasteiger partial charge in [-0.25, -0.2) is 0 Å². The first-order valence-electron chi connectivity index (χ1n) is 7.37. The number of ketones is 1. The van der Waals surface area contributed by atoms with Gasteiger partial charge >= 0.3 is 0 Å².